The summed E-state index contributed by atoms with van der Waals surface area (Å²) in [6, 6.07) is 40.7. The molecular weight excluding hydrogens is 491 g/mol. The number of para-hydroxylation sites is 2. The molecule has 0 saturated carbocycles. The molecule has 0 N–H and O–H groups in total. The van der Waals surface area contributed by atoms with Crippen LogP contribution in [-0.4, -0.2) is 9.97 Å². The molecule has 0 amide bonds. The molecule has 0 aliphatic carbocycles. The summed E-state index contributed by atoms with van der Waals surface area (Å²) in [5.74, 6) is 1.90. The van der Waals surface area contributed by atoms with Crippen LogP contribution in [0, 0.1) is 0 Å². The summed E-state index contributed by atoms with van der Waals surface area (Å²) in [5.41, 5.74) is 3.27. The maximum atomic E-state index is 14.8. The molecule has 2 heterocycles. The first-order chi connectivity index (χ1) is 18.7. The lowest BCUT2D eigenvalue weighted by atomic mass is 10.1. The van der Waals surface area contributed by atoms with E-state index in [-0.39, 0.29) is 0 Å². The molecule has 5 aromatic carbocycles. The number of aromatic nitrogens is 2. The van der Waals surface area contributed by atoms with E-state index in [0.717, 1.165) is 27.0 Å². The molecular formula is C32H21N2O3P. The van der Waals surface area contributed by atoms with Crippen molar-refractivity contribution in [2.45, 2.75) is 0 Å². The van der Waals surface area contributed by atoms with E-state index in [2.05, 4.69) is 4.98 Å². The highest BCUT2D eigenvalue weighted by molar-refractivity contribution is 7.85. The van der Waals surface area contributed by atoms with Gasteiger partial charge in [-0.25, -0.2) is 9.97 Å². The van der Waals surface area contributed by atoms with E-state index in [9.17, 15) is 4.57 Å². The first-order valence-corrected chi connectivity index (χ1v) is 14.0. The standard InChI is InChI=1S/C32H21N2O3P/c35-38(24-11-3-1-4-12-24,25-13-5-2-6-14-25)26-15-9-10-22(20-26)23-18-19-27-28(21-23)34-32-31(33-27)36-29-16-7-8-17-30(29)37-32/h1-21H. The number of benzene rings is 5. The molecule has 5 nitrogen and oxygen atoms in total. The highest BCUT2D eigenvalue weighted by atomic mass is 31.2. The zero-order chi connectivity index (χ0) is 25.5. The average Bonchev–Trinajstić information content (AvgIpc) is 2.99. The molecule has 0 bridgehead atoms. The number of fused-ring (bicyclic) bond motifs is 3. The van der Waals surface area contributed by atoms with E-state index < -0.39 is 7.14 Å². The lowest BCUT2D eigenvalue weighted by molar-refractivity contribution is 0.339. The van der Waals surface area contributed by atoms with Crippen LogP contribution in [0.4, 0.5) is 0 Å². The molecule has 0 spiro atoms. The molecule has 6 heteroatoms. The van der Waals surface area contributed by atoms with Gasteiger partial charge < -0.3 is 14.0 Å². The number of hydrogen-bond donors (Lipinski definition) is 0. The quantitative estimate of drug-likeness (QED) is 0.242. The molecule has 0 unspecified atom stereocenters. The lowest BCUT2D eigenvalue weighted by Gasteiger charge is -2.21. The van der Waals surface area contributed by atoms with E-state index in [0.29, 0.717) is 34.3 Å². The fourth-order valence-electron chi connectivity index (χ4n) is 4.77. The van der Waals surface area contributed by atoms with Gasteiger partial charge in [0.25, 0.3) is 11.8 Å². The SMILES string of the molecule is O=P(c1ccccc1)(c1ccccc1)c1cccc(-c2ccc3nc4c(nc3c2)Oc2ccccc2O4)c1. The van der Waals surface area contributed by atoms with Crippen molar-refractivity contribution in [1.82, 2.24) is 9.97 Å². The average molecular weight is 513 g/mol. The fraction of sp³-hybridized carbons (Fsp3) is 0. The van der Waals surface area contributed by atoms with Crippen molar-refractivity contribution in [3.63, 3.8) is 0 Å². The Morgan fingerprint density at radius 3 is 1.63 bits per heavy atom. The van der Waals surface area contributed by atoms with Crippen molar-refractivity contribution < 1.29 is 14.0 Å². The van der Waals surface area contributed by atoms with Gasteiger partial charge in [0.2, 0.25) is 0 Å². The Morgan fingerprint density at radius 2 is 1.00 bits per heavy atom. The highest BCUT2D eigenvalue weighted by Gasteiger charge is 2.30. The Kier molecular flexibility index (Phi) is 5.31. The van der Waals surface area contributed by atoms with Crippen LogP contribution < -0.4 is 25.4 Å². The monoisotopic (exact) mass is 512 g/mol. The van der Waals surface area contributed by atoms with Crippen LogP contribution in [-0.2, 0) is 4.57 Å². The van der Waals surface area contributed by atoms with Crippen LogP contribution in [0.15, 0.2) is 127 Å². The largest absolute Gasteiger partial charge is 0.431 e. The third kappa shape index (κ3) is 3.76. The fourth-order valence-corrected chi connectivity index (χ4v) is 7.46. The molecule has 6 aromatic rings. The minimum atomic E-state index is -3.08. The van der Waals surface area contributed by atoms with Crippen molar-refractivity contribution in [2.24, 2.45) is 0 Å². The summed E-state index contributed by atoms with van der Waals surface area (Å²) >= 11 is 0. The molecule has 1 aromatic heterocycles. The van der Waals surface area contributed by atoms with Gasteiger partial charge in [-0.05, 0) is 41.5 Å². The smallest absolute Gasteiger partial charge is 0.284 e. The van der Waals surface area contributed by atoms with Gasteiger partial charge in [-0.3, -0.25) is 0 Å². The maximum Gasteiger partial charge on any atom is 0.284 e. The summed E-state index contributed by atoms with van der Waals surface area (Å²) in [6.07, 6.45) is 0. The first-order valence-electron chi connectivity index (χ1n) is 12.3. The Bertz CT molecular complexity index is 1810. The second kappa shape index (κ2) is 8.98. The van der Waals surface area contributed by atoms with Crippen LogP contribution in [0.1, 0.15) is 0 Å². The molecule has 0 saturated heterocycles. The van der Waals surface area contributed by atoms with Gasteiger partial charge in [0, 0.05) is 15.9 Å². The topological polar surface area (TPSA) is 61.3 Å². The molecule has 0 atom stereocenters. The maximum absolute atomic E-state index is 14.8. The number of rotatable bonds is 4. The first kappa shape index (κ1) is 22.5. The van der Waals surface area contributed by atoms with Crippen molar-refractivity contribution in [3.8, 4) is 34.4 Å². The summed E-state index contributed by atoms with van der Waals surface area (Å²) in [6.45, 7) is 0. The van der Waals surface area contributed by atoms with Crippen LogP contribution >= 0.6 is 7.14 Å². The third-order valence-corrected chi connectivity index (χ3v) is 9.70. The van der Waals surface area contributed by atoms with E-state index >= 15 is 0 Å². The van der Waals surface area contributed by atoms with Crippen LogP contribution in [0.2, 0.25) is 0 Å². The Morgan fingerprint density at radius 1 is 0.474 bits per heavy atom. The Balaban J connectivity index is 1.32. The zero-order valence-corrected chi connectivity index (χ0v) is 21.1. The van der Waals surface area contributed by atoms with E-state index in [4.69, 9.17) is 14.5 Å². The summed E-state index contributed by atoms with van der Waals surface area (Å²) < 4.78 is 26.7. The van der Waals surface area contributed by atoms with E-state index in [1.165, 1.54) is 0 Å². The predicted molar refractivity (Wildman–Crippen MR) is 151 cm³/mol. The second-order valence-electron chi connectivity index (χ2n) is 9.02. The van der Waals surface area contributed by atoms with Crippen molar-refractivity contribution >= 4 is 34.1 Å². The van der Waals surface area contributed by atoms with Crippen molar-refractivity contribution in [3.05, 3.63) is 127 Å². The van der Waals surface area contributed by atoms with E-state index in [1.54, 1.807) is 0 Å². The Labute approximate surface area is 219 Å². The van der Waals surface area contributed by atoms with Crippen LogP contribution in [0.25, 0.3) is 22.2 Å². The van der Waals surface area contributed by atoms with Gasteiger partial charge in [-0.1, -0.05) is 97.1 Å². The molecule has 0 fully saturated rings. The summed E-state index contributed by atoms with van der Waals surface area (Å²) in [7, 11) is -3.08. The lowest BCUT2D eigenvalue weighted by Crippen LogP contribution is -2.25. The van der Waals surface area contributed by atoms with E-state index in [1.807, 2.05) is 127 Å². The van der Waals surface area contributed by atoms with Crippen LogP contribution in [0.3, 0.4) is 0 Å². The van der Waals surface area contributed by atoms with Gasteiger partial charge >= 0.3 is 0 Å². The number of nitrogens with zero attached hydrogens (tertiary/aromatic N) is 2. The summed E-state index contributed by atoms with van der Waals surface area (Å²) in [5, 5.41) is 2.38. The third-order valence-electron chi connectivity index (χ3n) is 6.65. The summed E-state index contributed by atoms with van der Waals surface area (Å²) in [4.78, 5) is 9.33. The van der Waals surface area contributed by atoms with Crippen molar-refractivity contribution in [2.75, 3.05) is 0 Å². The normalized spacial score (nSPS) is 12.2. The highest BCUT2D eigenvalue weighted by Crippen LogP contribution is 2.44. The predicted octanol–water partition coefficient (Wildman–Crippen LogP) is 6.83. The molecule has 7 rings (SSSR count). The molecule has 0 radical (unpaired) electrons. The minimum absolute atomic E-state index is 0.333. The molecule has 38 heavy (non-hydrogen) atoms. The Hall–Kier alpha value is -4.73. The van der Waals surface area contributed by atoms with Gasteiger partial charge in [-0.15, -0.1) is 0 Å². The van der Waals surface area contributed by atoms with Gasteiger partial charge in [0.15, 0.2) is 18.6 Å². The van der Waals surface area contributed by atoms with Crippen LogP contribution in [0.5, 0.6) is 23.3 Å². The minimum Gasteiger partial charge on any atom is -0.431 e. The van der Waals surface area contributed by atoms with Gasteiger partial charge in [-0.2, -0.15) is 0 Å². The second-order valence-corrected chi connectivity index (χ2v) is 11.8. The van der Waals surface area contributed by atoms with Crippen molar-refractivity contribution in [1.29, 1.82) is 0 Å². The zero-order valence-electron chi connectivity index (χ0n) is 20.2. The van der Waals surface area contributed by atoms with Gasteiger partial charge in [0.1, 0.15) is 0 Å². The number of ether oxygens (including phenoxy) is 2. The number of hydrogen-bond acceptors (Lipinski definition) is 5. The molecule has 1 aliphatic heterocycles. The molecule has 1 aliphatic rings. The van der Waals surface area contributed by atoms with Gasteiger partial charge in [0.05, 0.1) is 11.0 Å². The molecule has 182 valence electrons.